The summed E-state index contributed by atoms with van der Waals surface area (Å²) in [6, 6.07) is 30.7. The second-order valence-corrected chi connectivity index (χ2v) is 10.6. The van der Waals surface area contributed by atoms with Crippen molar-refractivity contribution in [2.24, 2.45) is 0 Å². The number of benzene rings is 7. The van der Waals surface area contributed by atoms with Crippen molar-refractivity contribution >= 4 is 43.6 Å². The molecule has 2 heterocycles. The van der Waals surface area contributed by atoms with Crippen LogP contribution in [0.25, 0.3) is 77.2 Å². The van der Waals surface area contributed by atoms with Crippen LogP contribution in [0.3, 0.4) is 0 Å². The third kappa shape index (κ3) is 3.75. The molecular weight excluding hydrogens is 532 g/mol. The second kappa shape index (κ2) is 9.86. The number of fused-ring (bicyclic) bond motifs is 7. The lowest BCUT2D eigenvalue weighted by atomic mass is 10.0. The lowest BCUT2D eigenvalue weighted by molar-refractivity contribution is 1.17. The van der Waals surface area contributed by atoms with Crippen molar-refractivity contribution in [1.29, 1.82) is 0 Å². The van der Waals surface area contributed by atoms with Crippen molar-refractivity contribution < 1.29 is 13.7 Å². The van der Waals surface area contributed by atoms with Gasteiger partial charge in [0.05, 0.1) is 35.8 Å². The number of aromatic nitrogens is 2. The first-order valence-corrected chi connectivity index (χ1v) is 14.3. The molecule has 0 bridgehead atoms. The molecule has 2 heteroatoms. The maximum atomic E-state index is 9.53. The van der Waals surface area contributed by atoms with Crippen LogP contribution in [0.5, 0.6) is 0 Å². The molecule has 9 rings (SSSR count). The van der Waals surface area contributed by atoms with E-state index in [-0.39, 0.29) is 79.9 Å². The summed E-state index contributed by atoms with van der Waals surface area (Å²) in [4.78, 5) is 0. The average Bonchev–Trinajstić information content (AvgIpc) is 3.75. The fourth-order valence-corrected chi connectivity index (χ4v) is 6.22. The zero-order valence-electron chi connectivity index (χ0n) is 33.3. The van der Waals surface area contributed by atoms with Gasteiger partial charge >= 0.3 is 0 Å². The minimum absolute atomic E-state index is 0.0922. The largest absolute Gasteiger partial charge is 0.309 e. The third-order valence-corrected chi connectivity index (χ3v) is 8.22. The van der Waals surface area contributed by atoms with Gasteiger partial charge in [-0.15, -0.1) is 0 Å². The van der Waals surface area contributed by atoms with E-state index in [1.807, 2.05) is 54.6 Å². The molecule has 0 saturated carbocycles. The lowest BCUT2D eigenvalue weighted by Crippen LogP contribution is -1.94. The van der Waals surface area contributed by atoms with E-state index in [9.17, 15) is 4.11 Å². The van der Waals surface area contributed by atoms with Crippen molar-refractivity contribution in [3.05, 3.63) is 170 Å². The summed E-state index contributed by atoms with van der Waals surface area (Å²) >= 11 is 0. The minimum atomic E-state index is -0.482. The van der Waals surface area contributed by atoms with E-state index in [1.165, 1.54) is 0 Å². The van der Waals surface area contributed by atoms with Crippen LogP contribution in [0.1, 0.15) is 13.7 Å². The molecule has 0 radical (unpaired) electrons. The Morgan fingerprint density at radius 1 is 0.341 bits per heavy atom. The number of nitrogens with zero attached hydrogens (tertiary/aromatic N) is 2. The number of para-hydroxylation sites is 3. The van der Waals surface area contributed by atoms with E-state index in [2.05, 4.69) is 24.3 Å². The predicted molar refractivity (Wildman–Crippen MR) is 186 cm³/mol. The van der Waals surface area contributed by atoms with E-state index in [4.69, 9.17) is 9.60 Å². The van der Waals surface area contributed by atoms with Gasteiger partial charge in [-0.2, -0.15) is 0 Å². The fraction of sp³-hybridized carbons (Fsp3) is 0. The summed E-state index contributed by atoms with van der Waals surface area (Å²) in [6.07, 6.45) is 0. The molecule has 0 aliphatic carbocycles. The summed E-state index contributed by atoms with van der Waals surface area (Å²) in [5.74, 6) is 0. The van der Waals surface area contributed by atoms with E-state index >= 15 is 0 Å². The molecular formula is C42H28N2. The highest BCUT2D eigenvalue weighted by atomic mass is 15.0. The Balaban J connectivity index is 1.40. The molecule has 0 atom stereocenters. The highest BCUT2D eigenvalue weighted by molar-refractivity contribution is 6.28. The molecule has 0 N–H and O–H groups in total. The molecule has 0 spiro atoms. The normalized spacial score (nSPS) is 14.8. The standard InChI is InChI=1S/C42H28N2/c1-3-11-29(12-4-1)30-19-21-31(22-20-30)32-23-25-34(26-24-32)44-38-18-10-8-16-36(38)42-40(44)28-27-39-41(42)35-15-7-9-17-37(35)43(39)33-13-5-2-6-14-33/h1-28H/i7D,8D,9D,10D,15D,16D,17D,18D,27D,28D. The predicted octanol–water partition coefficient (Wildman–Crippen LogP) is 11.2. The molecule has 7 aromatic carbocycles. The van der Waals surface area contributed by atoms with Crippen LogP contribution < -0.4 is 0 Å². The lowest BCUT2D eigenvalue weighted by Gasteiger charge is -2.10. The topological polar surface area (TPSA) is 9.86 Å². The molecule has 0 aliphatic heterocycles. The Morgan fingerprint density at radius 2 is 0.727 bits per heavy atom. The van der Waals surface area contributed by atoms with Gasteiger partial charge in [0.2, 0.25) is 0 Å². The Labute approximate surface area is 269 Å². The van der Waals surface area contributed by atoms with Crippen molar-refractivity contribution in [3.63, 3.8) is 0 Å². The highest BCUT2D eigenvalue weighted by Gasteiger charge is 2.20. The average molecular weight is 571 g/mol. The highest BCUT2D eigenvalue weighted by Crippen LogP contribution is 2.42. The van der Waals surface area contributed by atoms with Crippen LogP contribution in [0.4, 0.5) is 0 Å². The van der Waals surface area contributed by atoms with E-state index in [0.717, 1.165) is 22.3 Å². The zero-order chi connectivity index (χ0) is 37.7. The molecule has 0 saturated heterocycles. The van der Waals surface area contributed by atoms with Gasteiger partial charge in [0.1, 0.15) is 0 Å². The first-order chi connectivity index (χ1) is 26.0. The molecule has 9 aromatic rings. The van der Waals surface area contributed by atoms with Gasteiger partial charge in [-0.05, 0) is 70.7 Å². The molecule has 0 aliphatic rings. The molecule has 44 heavy (non-hydrogen) atoms. The van der Waals surface area contributed by atoms with Gasteiger partial charge in [0, 0.05) is 32.9 Å². The van der Waals surface area contributed by atoms with Gasteiger partial charge in [0.25, 0.3) is 0 Å². The first kappa shape index (κ1) is 16.7. The van der Waals surface area contributed by atoms with Crippen LogP contribution in [0.2, 0.25) is 0 Å². The maximum absolute atomic E-state index is 9.53. The van der Waals surface area contributed by atoms with Gasteiger partial charge < -0.3 is 9.13 Å². The fourth-order valence-electron chi connectivity index (χ4n) is 6.22. The maximum Gasteiger partial charge on any atom is 0.0646 e. The third-order valence-electron chi connectivity index (χ3n) is 8.22. The van der Waals surface area contributed by atoms with Crippen LogP contribution in [-0.4, -0.2) is 9.13 Å². The van der Waals surface area contributed by atoms with Gasteiger partial charge in [-0.25, -0.2) is 0 Å². The van der Waals surface area contributed by atoms with Crippen LogP contribution in [0, 0.1) is 0 Å². The number of hydrogen-bond donors (Lipinski definition) is 0. The first-order valence-electron chi connectivity index (χ1n) is 19.3. The Bertz CT molecular complexity index is 3010. The molecule has 0 fully saturated rings. The van der Waals surface area contributed by atoms with Gasteiger partial charge in [0.15, 0.2) is 0 Å². The summed E-state index contributed by atoms with van der Waals surface area (Å²) < 4.78 is 93.2. The molecule has 0 unspecified atom stereocenters. The van der Waals surface area contributed by atoms with Gasteiger partial charge in [-0.1, -0.05) is 121 Å². The summed E-state index contributed by atoms with van der Waals surface area (Å²) in [6.45, 7) is 0. The van der Waals surface area contributed by atoms with Crippen LogP contribution in [0.15, 0.2) is 170 Å². The van der Waals surface area contributed by atoms with E-state index in [1.54, 1.807) is 39.5 Å². The number of hydrogen-bond acceptors (Lipinski definition) is 0. The van der Waals surface area contributed by atoms with Crippen LogP contribution in [-0.2, 0) is 0 Å². The Kier molecular flexibility index (Phi) is 3.74. The van der Waals surface area contributed by atoms with E-state index < -0.39 is 24.2 Å². The smallest absolute Gasteiger partial charge is 0.0646 e. The monoisotopic (exact) mass is 570 g/mol. The van der Waals surface area contributed by atoms with Crippen molar-refractivity contribution in [2.75, 3.05) is 0 Å². The van der Waals surface area contributed by atoms with E-state index in [0.29, 0.717) is 11.4 Å². The SMILES string of the molecule is [2H]c1c([2H])c([2H])c2c(c1[2H])c1c3c4c([2H])c([2H])c([2H])c([2H])c4n(-c4ccc(-c5ccc(-c6ccccc6)cc5)cc4)c3c([2H])c([2H])c1n2-c1ccccc1. The zero-order valence-corrected chi connectivity index (χ0v) is 23.3. The Hall–Kier alpha value is -5.86. The number of rotatable bonds is 4. The summed E-state index contributed by atoms with van der Waals surface area (Å²) in [5.41, 5.74) is 5.52. The molecule has 0 amide bonds. The summed E-state index contributed by atoms with van der Waals surface area (Å²) in [5, 5.41) is 0.604. The summed E-state index contributed by atoms with van der Waals surface area (Å²) in [7, 11) is 0. The van der Waals surface area contributed by atoms with Crippen molar-refractivity contribution in [2.45, 2.75) is 0 Å². The van der Waals surface area contributed by atoms with Crippen molar-refractivity contribution in [1.82, 2.24) is 9.13 Å². The molecule has 2 aromatic heterocycles. The van der Waals surface area contributed by atoms with Crippen molar-refractivity contribution in [3.8, 4) is 33.6 Å². The quantitative estimate of drug-likeness (QED) is 0.199. The van der Waals surface area contributed by atoms with Gasteiger partial charge in [-0.3, -0.25) is 0 Å². The molecule has 2 nitrogen and oxygen atoms in total. The minimum Gasteiger partial charge on any atom is -0.309 e. The molecule has 206 valence electrons. The van der Waals surface area contributed by atoms with Crippen LogP contribution >= 0.6 is 0 Å². The second-order valence-electron chi connectivity index (χ2n) is 10.6. The Morgan fingerprint density at radius 3 is 1.23 bits per heavy atom.